The molecule has 4 nitrogen and oxygen atoms in total. The highest BCUT2D eigenvalue weighted by atomic mass is 16.5. The maximum Gasteiger partial charge on any atom is 0.0678 e. The van der Waals surface area contributed by atoms with E-state index in [1.807, 2.05) is 0 Å². The number of morpholine rings is 1. The molecule has 108 valence electrons. The zero-order valence-corrected chi connectivity index (χ0v) is 12.6. The van der Waals surface area contributed by atoms with Crippen LogP contribution in [-0.4, -0.2) is 60.0 Å². The number of hydrogen-bond donors (Lipinski definition) is 2. The molecule has 3 atom stereocenters. The van der Waals surface area contributed by atoms with Gasteiger partial charge < -0.3 is 15.2 Å². The molecular weight excluding hydrogens is 228 g/mol. The summed E-state index contributed by atoms with van der Waals surface area (Å²) in [6.45, 7) is 13.8. The fourth-order valence-electron chi connectivity index (χ4n) is 2.77. The smallest absolute Gasteiger partial charge is 0.0678 e. The van der Waals surface area contributed by atoms with Crippen LogP contribution >= 0.6 is 0 Å². The molecule has 4 heteroatoms. The number of aliphatic hydroxyl groups excluding tert-OH is 1. The second-order valence-corrected chi connectivity index (χ2v) is 6.28. The van der Waals surface area contributed by atoms with Crippen LogP contribution < -0.4 is 5.32 Å². The van der Waals surface area contributed by atoms with E-state index in [-0.39, 0.29) is 12.1 Å². The molecule has 0 aromatic rings. The Morgan fingerprint density at radius 2 is 1.89 bits per heavy atom. The van der Waals surface area contributed by atoms with E-state index in [9.17, 15) is 5.11 Å². The van der Waals surface area contributed by atoms with Crippen molar-refractivity contribution in [2.45, 2.75) is 64.8 Å². The van der Waals surface area contributed by atoms with Crippen LogP contribution in [-0.2, 0) is 4.74 Å². The van der Waals surface area contributed by atoms with Gasteiger partial charge in [0.25, 0.3) is 0 Å². The van der Waals surface area contributed by atoms with Crippen molar-refractivity contribution in [3.05, 3.63) is 0 Å². The Bertz CT molecular complexity index is 238. The van der Waals surface area contributed by atoms with E-state index in [4.69, 9.17) is 4.74 Å². The first kappa shape index (κ1) is 15.9. The number of aliphatic hydroxyl groups is 1. The maximum atomic E-state index is 9.56. The van der Waals surface area contributed by atoms with E-state index in [1.165, 1.54) is 0 Å². The van der Waals surface area contributed by atoms with Crippen molar-refractivity contribution in [1.82, 2.24) is 10.2 Å². The second kappa shape index (κ2) is 6.85. The first-order valence-corrected chi connectivity index (χ1v) is 7.11. The molecule has 1 heterocycles. The molecule has 1 saturated heterocycles. The summed E-state index contributed by atoms with van der Waals surface area (Å²) in [6.07, 6.45) is 1.58. The molecule has 0 saturated carbocycles. The number of ether oxygens (including phenoxy) is 1. The van der Waals surface area contributed by atoms with Gasteiger partial charge in [0.1, 0.15) is 0 Å². The normalized spacial score (nSPS) is 29.5. The van der Waals surface area contributed by atoms with Gasteiger partial charge in [0.05, 0.1) is 18.8 Å². The summed E-state index contributed by atoms with van der Waals surface area (Å²) in [4.78, 5) is 2.44. The Hall–Kier alpha value is -0.160. The van der Waals surface area contributed by atoms with Gasteiger partial charge in [-0.15, -0.1) is 0 Å². The van der Waals surface area contributed by atoms with Gasteiger partial charge in [0.15, 0.2) is 0 Å². The van der Waals surface area contributed by atoms with Gasteiger partial charge in [-0.25, -0.2) is 0 Å². The van der Waals surface area contributed by atoms with Gasteiger partial charge in [-0.3, -0.25) is 4.90 Å². The largest absolute Gasteiger partial charge is 0.394 e. The molecule has 0 aromatic heterocycles. The van der Waals surface area contributed by atoms with Gasteiger partial charge >= 0.3 is 0 Å². The predicted molar refractivity (Wildman–Crippen MR) is 74.8 cm³/mol. The predicted octanol–water partition coefficient (Wildman–Crippen LogP) is 1.23. The average Bonchev–Trinajstić information content (AvgIpc) is 2.24. The molecule has 0 amide bonds. The summed E-state index contributed by atoms with van der Waals surface area (Å²) in [5.41, 5.74) is -0.182. The topological polar surface area (TPSA) is 44.7 Å². The molecule has 1 aliphatic rings. The van der Waals surface area contributed by atoms with Crippen molar-refractivity contribution >= 4 is 0 Å². The zero-order chi connectivity index (χ0) is 13.8. The van der Waals surface area contributed by atoms with Crippen LogP contribution in [0.5, 0.6) is 0 Å². The monoisotopic (exact) mass is 258 g/mol. The van der Waals surface area contributed by atoms with E-state index in [0.29, 0.717) is 18.2 Å². The van der Waals surface area contributed by atoms with Crippen molar-refractivity contribution in [3.63, 3.8) is 0 Å². The lowest BCUT2D eigenvalue weighted by atomic mass is 9.97. The van der Waals surface area contributed by atoms with Gasteiger partial charge in [-0.2, -0.15) is 0 Å². The van der Waals surface area contributed by atoms with Crippen molar-refractivity contribution in [2.75, 3.05) is 26.2 Å². The number of hydrogen-bond acceptors (Lipinski definition) is 4. The molecule has 1 aliphatic heterocycles. The first-order valence-electron chi connectivity index (χ1n) is 7.11. The van der Waals surface area contributed by atoms with Gasteiger partial charge in [0, 0.05) is 31.2 Å². The fourth-order valence-corrected chi connectivity index (χ4v) is 2.77. The highest BCUT2D eigenvalue weighted by Gasteiger charge is 2.27. The quantitative estimate of drug-likeness (QED) is 0.752. The van der Waals surface area contributed by atoms with Crippen LogP contribution in [0.1, 0.15) is 41.0 Å². The van der Waals surface area contributed by atoms with Gasteiger partial charge in [0.2, 0.25) is 0 Å². The van der Waals surface area contributed by atoms with E-state index < -0.39 is 0 Å². The summed E-state index contributed by atoms with van der Waals surface area (Å²) in [5, 5.41) is 13.0. The van der Waals surface area contributed by atoms with Crippen LogP contribution in [0.3, 0.4) is 0 Å². The van der Waals surface area contributed by atoms with E-state index in [1.54, 1.807) is 0 Å². The highest BCUT2D eigenvalue weighted by molar-refractivity contribution is 4.86. The summed E-state index contributed by atoms with van der Waals surface area (Å²) in [6, 6.07) is 0.393. The average molecular weight is 258 g/mol. The summed E-state index contributed by atoms with van der Waals surface area (Å²) in [5.74, 6) is 0. The van der Waals surface area contributed by atoms with Crippen LogP contribution in [0.25, 0.3) is 0 Å². The van der Waals surface area contributed by atoms with E-state index in [2.05, 4.69) is 44.8 Å². The molecule has 18 heavy (non-hydrogen) atoms. The minimum absolute atomic E-state index is 0.181. The molecule has 0 aliphatic carbocycles. The summed E-state index contributed by atoms with van der Waals surface area (Å²) < 4.78 is 5.73. The maximum absolute atomic E-state index is 9.56. The molecule has 0 radical (unpaired) electrons. The minimum atomic E-state index is -0.182. The number of nitrogens with one attached hydrogen (secondary N) is 1. The molecule has 0 bridgehead atoms. The lowest BCUT2D eigenvalue weighted by molar-refractivity contribution is -0.0700. The van der Waals surface area contributed by atoms with Gasteiger partial charge in [-0.1, -0.05) is 13.8 Å². The highest BCUT2D eigenvalue weighted by Crippen LogP contribution is 2.15. The summed E-state index contributed by atoms with van der Waals surface area (Å²) in [7, 11) is 0. The number of nitrogens with zero attached hydrogens (tertiary/aromatic N) is 1. The van der Waals surface area contributed by atoms with Crippen LogP contribution in [0.4, 0.5) is 0 Å². The molecular formula is C14H30N2O2. The lowest BCUT2D eigenvalue weighted by Gasteiger charge is -2.38. The van der Waals surface area contributed by atoms with Crippen LogP contribution in [0, 0.1) is 0 Å². The Morgan fingerprint density at radius 3 is 2.33 bits per heavy atom. The third-order valence-corrected chi connectivity index (χ3v) is 3.46. The Morgan fingerprint density at radius 1 is 1.33 bits per heavy atom. The molecule has 1 fully saturated rings. The van der Waals surface area contributed by atoms with Crippen LogP contribution in [0.2, 0.25) is 0 Å². The number of rotatable bonds is 6. The molecule has 3 unspecified atom stereocenters. The van der Waals surface area contributed by atoms with Crippen molar-refractivity contribution < 1.29 is 9.84 Å². The van der Waals surface area contributed by atoms with Gasteiger partial charge in [-0.05, 0) is 27.2 Å². The van der Waals surface area contributed by atoms with Crippen molar-refractivity contribution in [3.8, 4) is 0 Å². The first-order chi connectivity index (χ1) is 8.34. The Labute approximate surface area is 112 Å². The molecule has 2 N–H and O–H groups in total. The van der Waals surface area contributed by atoms with Crippen molar-refractivity contribution in [2.24, 2.45) is 0 Å². The zero-order valence-electron chi connectivity index (χ0n) is 12.6. The van der Waals surface area contributed by atoms with E-state index >= 15 is 0 Å². The molecule has 1 rings (SSSR count). The Balaban J connectivity index is 2.42. The fraction of sp³-hybridized carbons (Fsp3) is 1.00. The lowest BCUT2D eigenvalue weighted by Crippen LogP contribution is -2.53. The third kappa shape index (κ3) is 5.22. The summed E-state index contributed by atoms with van der Waals surface area (Å²) >= 11 is 0. The molecule has 0 aromatic carbocycles. The third-order valence-electron chi connectivity index (χ3n) is 3.46. The van der Waals surface area contributed by atoms with E-state index in [0.717, 1.165) is 26.1 Å². The molecule has 0 spiro atoms. The standard InChI is InChI=1S/C14H30N2O2/c1-11(2)15-14(5,10-17)6-7-16-8-12(3)18-13(4)9-16/h11-13,15,17H,6-10H2,1-5H3. The Kier molecular flexibility index (Phi) is 6.05. The SMILES string of the molecule is CC(C)NC(C)(CO)CCN1CC(C)OC(C)C1. The minimum Gasteiger partial charge on any atom is -0.394 e. The second-order valence-electron chi connectivity index (χ2n) is 6.28. The van der Waals surface area contributed by atoms with Crippen molar-refractivity contribution in [1.29, 1.82) is 0 Å². The van der Waals surface area contributed by atoms with Crippen LogP contribution in [0.15, 0.2) is 0 Å².